The van der Waals surface area contributed by atoms with Crippen LogP contribution < -0.4 is 0 Å². The van der Waals surface area contributed by atoms with Gasteiger partial charge in [0.2, 0.25) is 6.29 Å². The largest absolute Gasteiger partial charge is 0.479 e. The number of carbonyl (C=O) groups excluding carboxylic acids is 3. The first-order valence-electron chi connectivity index (χ1n) is 37.2. The summed E-state index contributed by atoms with van der Waals surface area (Å²) < 4.78 is 90.0. The Kier molecular flexibility index (Phi) is 24.4. The van der Waals surface area contributed by atoms with E-state index in [-0.39, 0.29) is 17.8 Å². The monoisotopic (exact) mass is 1540 g/mol. The second-order valence-electron chi connectivity index (χ2n) is 33.6. The van der Waals surface area contributed by atoms with Crippen LogP contribution in [0.15, 0.2) is 11.6 Å². The smallest absolute Gasteiger partial charge is 0.335 e. The maximum Gasteiger partial charge on any atom is 0.335 e. The van der Waals surface area contributed by atoms with Gasteiger partial charge in [-0.05, 0) is 117 Å². The number of carboxylic acids is 1. The summed E-state index contributed by atoms with van der Waals surface area (Å²) in [6.45, 7) is 14.2. The molecule has 17 N–H and O–H groups in total. The van der Waals surface area contributed by atoms with Crippen molar-refractivity contribution in [2.24, 2.45) is 50.2 Å². The molecule has 12 rings (SSSR count). The van der Waals surface area contributed by atoms with Crippen LogP contribution in [-0.2, 0) is 90.2 Å². The average Bonchev–Trinajstić information content (AvgIpc) is 0.673. The number of hydrogen-bond donors (Lipinski definition) is 17. The van der Waals surface area contributed by atoms with E-state index in [1.807, 2.05) is 0 Å². The van der Waals surface area contributed by atoms with E-state index in [1.54, 1.807) is 6.92 Å². The summed E-state index contributed by atoms with van der Waals surface area (Å²) in [6.07, 6.45) is -50.2. The Balaban J connectivity index is 0.784. The molecule has 7 saturated heterocycles. The van der Waals surface area contributed by atoms with Gasteiger partial charge in [0.25, 0.3) is 0 Å². The summed E-state index contributed by atoms with van der Waals surface area (Å²) in [4.78, 5) is 56.1. The minimum Gasteiger partial charge on any atom is -0.479 e. The van der Waals surface area contributed by atoms with Crippen LogP contribution in [0.1, 0.15) is 127 Å². The molecule has 7 heterocycles. The van der Waals surface area contributed by atoms with E-state index >= 15 is 4.79 Å². The number of carboxylic acid groups (broad SMARTS) is 1. The van der Waals surface area contributed by atoms with E-state index < -0.39 is 286 Å². The predicted octanol–water partition coefficient (Wildman–Crippen LogP) is -4.75. The van der Waals surface area contributed by atoms with Crippen LogP contribution in [0.4, 0.5) is 0 Å². The molecule has 41 atom stereocenters. The van der Waals surface area contributed by atoms with Gasteiger partial charge in [-0.15, -0.1) is 0 Å². The highest BCUT2D eigenvalue weighted by Crippen LogP contribution is 2.76. The third-order valence-electron chi connectivity index (χ3n) is 26.7. The molecule has 5 aliphatic carbocycles. The van der Waals surface area contributed by atoms with Gasteiger partial charge in [-0.25, -0.2) is 4.79 Å². The van der Waals surface area contributed by atoms with Crippen LogP contribution in [-0.4, -0.2) is 340 Å². The first-order chi connectivity index (χ1) is 50.2. The third-order valence-corrected chi connectivity index (χ3v) is 26.7. The maximum atomic E-state index is 15.9. The molecular formula is C71H110O36. The summed E-state index contributed by atoms with van der Waals surface area (Å²) in [7, 11) is 0. The molecule has 0 aromatic carbocycles. The lowest BCUT2D eigenvalue weighted by molar-refractivity contribution is -0.391. The second kappa shape index (κ2) is 31.5. The SMILES string of the molecule is CC(=O)O[C@H]1[C@@H](O)[C@@H](C)O[C@@H](OC(=O)[C@]23CCC(C)(C)C[C@H]2C2=CC[C@@H]4[C@]5(C)CC[C@H](O[C@@H]6O[C@H](C(=O)O)[C@@H](O)[C@H](O[C@@H]7OC[C@@H](O)[C@H](O)[C@H]7O)[C@H]6O[C@@H]6O[C@H](CO)[C@H](O)[C@H](O)[C@H]6O)[C@@](C)(C=O)[C@@H]5CC[C@@]4(C)[C@]2(C)CC3)[C@@H]1O[C@@H]1O[C@@H](C)[C@H](O[C@@H]2OC[C@@H](O)[C@H](O[C@@H]3OC[C@@H](O)[C@H](O)[C@H]3O)[C@H]2O)[C@H](O)[C@H]1O. The minimum absolute atomic E-state index is 0.119. The van der Waals surface area contributed by atoms with Gasteiger partial charge in [0.1, 0.15) is 128 Å². The Morgan fingerprint density at radius 1 is 0.495 bits per heavy atom. The van der Waals surface area contributed by atoms with E-state index in [0.717, 1.165) is 18.8 Å². The molecule has 36 nitrogen and oxygen atoms in total. The number of aliphatic carboxylic acids is 1. The normalized spacial score (nSPS) is 53.5. The van der Waals surface area contributed by atoms with Gasteiger partial charge < -0.3 is 163 Å². The fourth-order valence-electron chi connectivity index (χ4n) is 20.2. The van der Waals surface area contributed by atoms with Crippen LogP contribution in [0.5, 0.6) is 0 Å². The first-order valence-corrected chi connectivity index (χ1v) is 37.2. The molecule has 0 aromatic heterocycles. The summed E-state index contributed by atoms with van der Waals surface area (Å²) in [6, 6.07) is 0. The zero-order valence-electron chi connectivity index (χ0n) is 61.2. The Morgan fingerprint density at radius 3 is 1.64 bits per heavy atom. The average molecular weight is 1540 g/mol. The fourth-order valence-corrected chi connectivity index (χ4v) is 20.2. The summed E-state index contributed by atoms with van der Waals surface area (Å²) >= 11 is 0. The molecule has 12 aliphatic rings. The summed E-state index contributed by atoms with van der Waals surface area (Å²) in [5, 5.41) is 185. The van der Waals surface area contributed by atoms with E-state index in [2.05, 4.69) is 40.7 Å². The topological polar surface area (TPSA) is 551 Å². The van der Waals surface area contributed by atoms with Gasteiger partial charge in [0.05, 0.1) is 55.6 Å². The van der Waals surface area contributed by atoms with Crippen molar-refractivity contribution in [3.63, 3.8) is 0 Å². The standard InChI is InChI=1S/C71H110O36/c1-26-38(78)52(98-28(3)74)55(105-61-47(87)43(83)50(27(2)97-61)101-60-49(89)51(33(77)24-95-60)102-58-44(84)39(79)31(75)22-93-58)63(96-26)107-65(92)71-18-16-66(4,5)20-30(71)29-10-11-36-67(6)14-13-37(68(7,25-73)35(67)12-15-70(36,9)69(29,8)17-19-71)100-64-56(106-62-46(86)42(82)41(81)34(21-72)99-62)53(48(88)54(104-64)57(90)91)103-59-45(85)40(80)32(76)23-94-59/h10,25-27,30-56,58-64,72,75-89H,11-24H2,1-9H3,(H,90,91)/t26-,27+,30+,31-,32-,33-,34-,35-,36-,37+,38+,39+,40+,41+,42+,43-,44-,45-,46-,47-,48+,49-,50+,51+,52+,53+,54+,55-,56-,58+,59+,60+,61+,62+,63+,64-,67-,68+,69-,70-,71+/m1/s1. The number of carbonyl (C=O) groups is 4. The van der Waals surface area contributed by atoms with E-state index in [1.165, 1.54) is 13.8 Å². The van der Waals surface area contributed by atoms with Crippen molar-refractivity contribution in [3.8, 4) is 0 Å². The zero-order valence-corrected chi connectivity index (χ0v) is 61.2. The highest BCUT2D eigenvalue weighted by molar-refractivity contribution is 5.79. The van der Waals surface area contributed by atoms with Gasteiger partial charge in [-0.1, -0.05) is 53.2 Å². The number of aliphatic hydroxyl groups is 16. The number of rotatable bonds is 18. The molecule has 0 unspecified atom stereocenters. The van der Waals surface area contributed by atoms with Crippen molar-refractivity contribution in [2.75, 3.05) is 26.4 Å². The summed E-state index contributed by atoms with van der Waals surface area (Å²) in [5.74, 6) is -4.25. The fraction of sp³-hybridized carbons (Fsp3) is 0.915. The van der Waals surface area contributed by atoms with Crippen LogP contribution in [0, 0.1) is 50.2 Å². The molecule has 7 aliphatic heterocycles. The molecule has 36 heteroatoms. The number of hydrogen-bond acceptors (Lipinski definition) is 35. The van der Waals surface area contributed by atoms with Gasteiger partial charge >= 0.3 is 17.9 Å². The molecular weight excluding hydrogens is 1430 g/mol. The minimum atomic E-state index is -2.21. The number of fused-ring (bicyclic) bond motifs is 7. The molecule has 610 valence electrons. The van der Waals surface area contributed by atoms with Gasteiger partial charge in [-0.2, -0.15) is 0 Å². The highest BCUT2D eigenvalue weighted by atomic mass is 16.8. The number of esters is 2. The van der Waals surface area contributed by atoms with Gasteiger partial charge in [0.15, 0.2) is 56.1 Å². The Bertz CT molecular complexity index is 3170. The lowest BCUT2D eigenvalue weighted by Crippen LogP contribution is -2.69. The quantitative estimate of drug-likeness (QED) is 0.0265. The lowest BCUT2D eigenvalue weighted by atomic mass is 9.33. The van der Waals surface area contributed by atoms with Crippen LogP contribution in [0.25, 0.3) is 0 Å². The molecule has 0 aromatic rings. The highest BCUT2D eigenvalue weighted by Gasteiger charge is 2.72. The molecule has 0 bridgehead atoms. The van der Waals surface area contributed by atoms with Crippen LogP contribution in [0.2, 0.25) is 0 Å². The van der Waals surface area contributed by atoms with Crippen molar-refractivity contribution in [1.29, 1.82) is 0 Å². The predicted molar refractivity (Wildman–Crippen MR) is 350 cm³/mol. The first kappa shape index (κ1) is 83.1. The Morgan fingerprint density at radius 2 is 1.04 bits per heavy atom. The van der Waals surface area contributed by atoms with Crippen molar-refractivity contribution in [1.82, 2.24) is 0 Å². The van der Waals surface area contributed by atoms with E-state index in [4.69, 9.17) is 71.1 Å². The van der Waals surface area contributed by atoms with Crippen molar-refractivity contribution in [3.05, 3.63) is 11.6 Å². The lowest BCUT2D eigenvalue weighted by Gasteiger charge is -2.71. The van der Waals surface area contributed by atoms with Crippen LogP contribution >= 0.6 is 0 Å². The molecule has 0 spiro atoms. The number of ether oxygens (including phenoxy) is 15. The van der Waals surface area contributed by atoms with Crippen molar-refractivity contribution >= 4 is 24.2 Å². The zero-order chi connectivity index (χ0) is 78.0. The second-order valence-corrected chi connectivity index (χ2v) is 33.6. The molecule has 0 amide bonds. The van der Waals surface area contributed by atoms with Crippen molar-refractivity contribution < 1.29 is 177 Å². The Hall–Kier alpha value is -3.34. The molecule has 4 saturated carbocycles. The summed E-state index contributed by atoms with van der Waals surface area (Å²) in [5.41, 5.74) is -3.56. The van der Waals surface area contributed by atoms with E-state index in [0.29, 0.717) is 57.8 Å². The Labute approximate surface area is 616 Å². The van der Waals surface area contributed by atoms with Gasteiger partial charge in [-0.3, -0.25) is 9.59 Å². The number of aliphatic hydroxyl groups excluding tert-OH is 16. The maximum absolute atomic E-state index is 15.9. The number of allylic oxidation sites excluding steroid dienone is 2. The van der Waals surface area contributed by atoms with Crippen molar-refractivity contribution in [2.45, 2.75) is 329 Å². The third kappa shape index (κ3) is 14.7. The number of aldehydes is 1. The molecule has 0 radical (unpaired) electrons. The molecule has 107 heavy (non-hydrogen) atoms. The van der Waals surface area contributed by atoms with Gasteiger partial charge in [0, 0.05) is 6.92 Å². The molecule has 11 fully saturated rings. The van der Waals surface area contributed by atoms with Crippen LogP contribution in [0.3, 0.4) is 0 Å². The van der Waals surface area contributed by atoms with E-state index in [9.17, 15) is 101 Å².